The van der Waals surface area contributed by atoms with Crippen molar-refractivity contribution in [3.05, 3.63) is 53.3 Å². The van der Waals surface area contributed by atoms with Crippen LogP contribution in [0.25, 0.3) is 11.1 Å². The van der Waals surface area contributed by atoms with Gasteiger partial charge in [-0.15, -0.1) is 0 Å². The summed E-state index contributed by atoms with van der Waals surface area (Å²) in [6.45, 7) is 5.06. The maximum Gasteiger partial charge on any atom is 0.254 e. The van der Waals surface area contributed by atoms with Crippen molar-refractivity contribution in [3.8, 4) is 5.75 Å². The van der Waals surface area contributed by atoms with Crippen LogP contribution in [0.3, 0.4) is 0 Å². The number of amides is 2. The summed E-state index contributed by atoms with van der Waals surface area (Å²) < 4.78 is 11.4. The van der Waals surface area contributed by atoms with Crippen molar-refractivity contribution >= 4 is 28.7 Å². The third-order valence-electron chi connectivity index (χ3n) is 7.51. The van der Waals surface area contributed by atoms with Gasteiger partial charge < -0.3 is 34.7 Å². The topological polar surface area (TPSA) is 132 Å². The third-order valence-corrected chi connectivity index (χ3v) is 7.51. The van der Waals surface area contributed by atoms with Gasteiger partial charge in [0.15, 0.2) is 17.5 Å². The summed E-state index contributed by atoms with van der Waals surface area (Å²) >= 11 is 0. The molecular formula is C26H30N6O5. The monoisotopic (exact) mass is 506 g/mol. The number of carbonyl (C=O) groups excluding carboxylic acids is 2. The van der Waals surface area contributed by atoms with Gasteiger partial charge in [-0.25, -0.2) is 4.98 Å². The normalized spacial score (nSPS) is 25.6. The van der Waals surface area contributed by atoms with E-state index in [9.17, 15) is 14.7 Å². The molecular weight excluding hydrogens is 476 g/mol. The second-order valence-corrected chi connectivity index (χ2v) is 9.78. The van der Waals surface area contributed by atoms with E-state index >= 15 is 0 Å². The van der Waals surface area contributed by atoms with Crippen molar-refractivity contribution in [1.29, 1.82) is 0 Å². The Morgan fingerprint density at radius 3 is 2.86 bits per heavy atom. The fraction of sp³-hybridized carbons (Fsp3) is 0.423. The number of aliphatic hydroxyl groups excluding tert-OH is 1. The number of rotatable bonds is 6. The summed E-state index contributed by atoms with van der Waals surface area (Å²) in [5, 5.41) is 19.2. The number of methoxy groups -OCH3 is 1. The van der Waals surface area contributed by atoms with Gasteiger partial charge >= 0.3 is 0 Å². The molecule has 1 aromatic carbocycles. The summed E-state index contributed by atoms with van der Waals surface area (Å²) in [7, 11) is 1.55. The van der Waals surface area contributed by atoms with E-state index in [-0.39, 0.29) is 18.2 Å². The van der Waals surface area contributed by atoms with Gasteiger partial charge in [-0.05, 0) is 36.2 Å². The first kappa shape index (κ1) is 23.7. The van der Waals surface area contributed by atoms with Crippen molar-refractivity contribution < 1.29 is 23.8 Å². The van der Waals surface area contributed by atoms with Crippen LogP contribution in [-0.4, -0.2) is 72.5 Å². The Hall–Kier alpha value is -3.67. The largest absolute Gasteiger partial charge is 0.497 e. The second kappa shape index (κ2) is 9.02. The van der Waals surface area contributed by atoms with Crippen LogP contribution in [0.5, 0.6) is 5.75 Å². The number of benzene rings is 1. The number of carbonyl (C=O) groups is 2. The molecule has 0 saturated carbocycles. The molecule has 11 heteroatoms. The molecule has 194 valence electrons. The van der Waals surface area contributed by atoms with Gasteiger partial charge in [-0.1, -0.05) is 13.0 Å². The molecule has 2 aromatic heterocycles. The lowest BCUT2D eigenvalue weighted by atomic mass is 9.95. The van der Waals surface area contributed by atoms with Crippen LogP contribution in [-0.2, 0) is 16.9 Å². The highest BCUT2D eigenvalue weighted by Crippen LogP contribution is 2.35. The van der Waals surface area contributed by atoms with Gasteiger partial charge in [-0.2, -0.15) is 0 Å². The van der Waals surface area contributed by atoms with Crippen molar-refractivity contribution in [1.82, 2.24) is 25.8 Å². The summed E-state index contributed by atoms with van der Waals surface area (Å²) in [5.41, 5.74) is 1.03. The lowest BCUT2D eigenvalue weighted by Gasteiger charge is -2.34. The molecule has 0 spiro atoms. The average Bonchev–Trinajstić information content (AvgIpc) is 3.57. The number of nitrogens with zero attached hydrogens (tertiary/aromatic N) is 3. The maximum atomic E-state index is 13.3. The Morgan fingerprint density at radius 1 is 1.24 bits per heavy atom. The zero-order chi connectivity index (χ0) is 25.7. The molecule has 2 saturated heterocycles. The molecule has 11 nitrogen and oxygen atoms in total. The van der Waals surface area contributed by atoms with Gasteiger partial charge in [0.25, 0.3) is 11.8 Å². The number of aliphatic hydroxyl groups is 1. The van der Waals surface area contributed by atoms with Crippen LogP contribution in [0.15, 0.2) is 40.8 Å². The molecule has 6 rings (SSSR count). The second-order valence-electron chi connectivity index (χ2n) is 9.78. The Kier molecular flexibility index (Phi) is 5.78. The van der Waals surface area contributed by atoms with E-state index in [0.717, 1.165) is 37.4 Å². The number of aromatic nitrogens is 1. The molecule has 3 aliphatic heterocycles. The number of furan rings is 1. The SMILES string of the molecule is CC[C@@H]1CN(c2ccc3oc([C@]4(CN5Cc6ccc(OC)cc6C5=O)NC(O)NC4=O)cc3n2)CCN1. The summed E-state index contributed by atoms with van der Waals surface area (Å²) in [6.07, 6.45) is -0.247. The predicted octanol–water partition coefficient (Wildman–Crippen LogP) is 0.871. The first-order valence-corrected chi connectivity index (χ1v) is 12.5. The molecule has 1 unspecified atom stereocenters. The summed E-state index contributed by atoms with van der Waals surface area (Å²) in [4.78, 5) is 35.1. The van der Waals surface area contributed by atoms with Gasteiger partial charge in [0.05, 0.1) is 13.7 Å². The smallest absolute Gasteiger partial charge is 0.254 e. The van der Waals surface area contributed by atoms with Crippen molar-refractivity contribution in [2.24, 2.45) is 0 Å². The van der Waals surface area contributed by atoms with E-state index in [1.54, 1.807) is 30.2 Å². The molecule has 3 aromatic rings. The minimum atomic E-state index is -1.48. The molecule has 5 heterocycles. The summed E-state index contributed by atoms with van der Waals surface area (Å²) in [6, 6.07) is 11.3. The van der Waals surface area contributed by atoms with E-state index < -0.39 is 17.8 Å². The molecule has 0 radical (unpaired) electrons. The van der Waals surface area contributed by atoms with Crippen LogP contribution < -0.4 is 25.6 Å². The molecule has 0 aliphatic carbocycles. The fourth-order valence-electron chi connectivity index (χ4n) is 5.45. The first-order chi connectivity index (χ1) is 17.9. The first-order valence-electron chi connectivity index (χ1n) is 12.5. The molecule has 2 amide bonds. The number of piperazine rings is 1. The quantitative estimate of drug-likeness (QED) is 0.385. The molecule has 37 heavy (non-hydrogen) atoms. The Balaban J connectivity index is 1.33. The van der Waals surface area contributed by atoms with E-state index in [4.69, 9.17) is 14.1 Å². The lowest BCUT2D eigenvalue weighted by molar-refractivity contribution is -0.125. The van der Waals surface area contributed by atoms with E-state index in [2.05, 4.69) is 27.8 Å². The van der Waals surface area contributed by atoms with E-state index in [1.807, 2.05) is 18.2 Å². The number of nitrogens with one attached hydrogen (secondary N) is 3. The van der Waals surface area contributed by atoms with Gasteiger partial charge in [0.2, 0.25) is 0 Å². The predicted molar refractivity (Wildman–Crippen MR) is 135 cm³/mol. The van der Waals surface area contributed by atoms with Crippen LogP contribution in [0.1, 0.15) is 35.0 Å². The van der Waals surface area contributed by atoms with Gasteiger partial charge in [0.1, 0.15) is 22.8 Å². The van der Waals surface area contributed by atoms with Gasteiger partial charge in [0, 0.05) is 43.9 Å². The van der Waals surface area contributed by atoms with E-state index in [1.165, 1.54) is 0 Å². The zero-order valence-electron chi connectivity index (χ0n) is 20.8. The highest BCUT2D eigenvalue weighted by molar-refractivity contribution is 6.00. The Bertz CT molecular complexity index is 1370. The van der Waals surface area contributed by atoms with Crippen LogP contribution >= 0.6 is 0 Å². The van der Waals surface area contributed by atoms with Crippen LogP contribution in [0, 0.1) is 0 Å². The van der Waals surface area contributed by atoms with Crippen LogP contribution in [0.2, 0.25) is 0 Å². The third kappa shape index (κ3) is 3.99. The standard InChI is InChI=1S/C26H30N6O5/c1-3-16-13-31(9-8-27-16)22-7-6-20-19(28-22)11-21(37-20)26(24(34)29-25(35)30-26)14-32-12-15-4-5-17(36-2)10-18(15)23(32)33/h4-7,10-11,16,25,27,30,35H,3,8-9,12-14H2,1-2H3,(H,29,34)/t16-,25?,26+/m1/s1. The number of pyridine rings is 1. The molecule has 0 bridgehead atoms. The fourth-order valence-corrected chi connectivity index (χ4v) is 5.45. The molecule has 3 atom stereocenters. The molecule has 3 aliphatic rings. The highest BCUT2D eigenvalue weighted by Gasteiger charge is 2.52. The van der Waals surface area contributed by atoms with Crippen molar-refractivity contribution in [3.63, 3.8) is 0 Å². The number of hydrogen-bond acceptors (Lipinski definition) is 9. The lowest BCUT2D eigenvalue weighted by Crippen LogP contribution is -2.53. The maximum absolute atomic E-state index is 13.3. The zero-order valence-corrected chi connectivity index (χ0v) is 20.8. The number of hydrogen-bond donors (Lipinski definition) is 4. The number of ether oxygens (including phenoxy) is 1. The van der Waals surface area contributed by atoms with Crippen molar-refractivity contribution in [2.45, 2.75) is 37.8 Å². The van der Waals surface area contributed by atoms with E-state index in [0.29, 0.717) is 35.0 Å². The minimum Gasteiger partial charge on any atom is -0.497 e. The van der Waals surface area contributed by atoms with Gasteiger partial charge in [-0.3, -0.25) is 14.9 Å². The minimum absolute atomic E-state index is 0.0334. The summed E-state index contributed by atoms with van der Waals surface area (Å²) in [5.74, 6) is 1.02. The highest BCUT2D eigenvalue weighted by atomic mass is 16.5. The molecule has 2 fully saturated rings. The van der Waals surface area contributed by atoms with Crippen LogP contribution in [0.4, 0.5) is 5.82 Å². The number of anilines is 1. The Morgan fingerprint density at radius 2 is 2.11 bits per heavy atom. The Labute approximate surface area is 213 Å². The van der Waals surface area contributed by atoms with Crippen molar-refractivity contribution in [2.75, 3.05) is 38.2 Å². The number of fused-ring (bicyclic) bond motifs is 2. The molecule has 4 N–H and O–H groups in total. The average molecular weight is 507 g/mol.